The van der Waals surface area contributed by atoms with E-state index >= 15 is 0 Å². The number of hydrogen-bond acceptors (Lipinski definition) is 7. The number of nitrogens with zero attached hydrogens (tertiary/aromatic N) is 4. The molecule has 9 heteroatoms. The molecule has 0 unspecified atom stereocenters. The first-order chi connectivity index (χ1) is 15.1. The van der Waals surface area contributed by atoms with Crippen molar-refractivity contribution in [2.45, 2.75) is 13.1 Å². The summed E-state index contributed by atoms with van der Waals surface area (Å²) in [5.74, 6) is 1.57. The lowest BCUT2D eigenvalue weighted by Gasteiger charge is -2.36. The molecule has 0 saturated carbocycles. The first-order valence-electron chi connectivity index (χ1n) is 10.1. The molecule has 1 aliphatic rings. The first kappa shape index (κ1) is 20.7. The SMILES string of the molecule is O=C(CN(Cc1ccco1)Cc1ccco1)N1CCN(c2ccccc2[N+](=O)[O-])CC1. The Bertz CT molecular complexity index is 959. The van der Waals surface area contributed by atoms with Crippen molar-refractivity contribution in [1.82, 2.24) is 9.80 Å². The molecule has 1 aliphatic heterocycles. The molecule has 1 fully saturated rings. The van der Waals surface area contributed by atoms with Gasteiger partial charge in [0.05, 0.1) is 37.1 Å². The second-order valence-electron chi connectivity index (χ2n) is 7.42. The summed E-state index contributed by atoms with van der Waals surface area (Å²) >= 11 is 0. The number of rotatable bonds is 8. The molecule has 1 saturated heterocycles. The highest BCUT2D eigenvalue weighted by atomic mass is 16.6. The smallest absolute Gasteiger partial charge is 0.292 e. The van der Waals surface area contributed by atoms with Gasteiger partial charge in [0, 0.05) is 32.2 Å². The van der Waals surface area contributed by atoms with E-state index in [1.54, 1.807) is 30.7 Å². The standard InChI is InChI=1S/C22H24N4O5/c27-22(17-23(15-18-5-3-13-30-18)16-19-6-4-14-31-19)25-11-9-24(10-12-25)20-7-1-2-8-21(20)26(28)29/h1-8,13-14H,9-12,15-17H2. The highest BCUT2D eigenvalue weighted by Crippen LogP contribution is 2.28. The number of nitro groups is 1. The van der Waals surface area contributed by atoms with Crippen LogP contribution in [0.2, 0.25) is 0 Å². The number of hydrogen-bond donors (Lipinski definition) is 0. The molecule has 3 aromatic rings. The van der Waals surface area contributed by atoms with E-state index in [1.165, 1.54) is 6.07 Å². The fraction of sp³-hybridized carbons (Fsp3) is 0.318. The molecule has 0 spiro atoms. The molecule has 0 atom stereocenters. The first-order valence-corrected chi connectivity index (χ1v) is 10.1. The van der Waals surface area contributed by atoms with Crippen LogP contribution in [0.4, 0.5) is 11.4 Å². The number of amides is 1. The summed E-state index contributed by atoms with van der Waals surface area (Å²) in [5.41, 5.74) is 0.683. The minimum Gasteiger partial charge on any atom is -0.468 e. The average molecular weight is 424 g/mol. The van der Waals surface area contributed by atoms with Crippen molar-refractivity contribution in [3.05, 3.63) is 82.7 Å². The minimum absolute atomic E-state index is 0.0142. The molecule has 1 amide bonds. The number of para-hydroxylation sites is 2. The molecule has 9 nitrogen and oxygen atoms in total. The fourth-order valence-corrected chi connectivity index (χ4v) is 3.79. The lowest BCUT2D eigenvalue weighted by molar-refractivity contribution is -0.384. The van der Waals surface area contributed by atoms with Crippen LogP contribution in [-0.2, 0) is 17.9 Å². The van der Waals surface area contributed by atoms with Crippen LogP contribution in [0, 0.1) is 10.1 Å². The molecule has 1 aromatic carbocycles. The number of furan rings is 2. The van der Waals surface area contributed by atoms with Gasteiger partial charge in [-0.25, -0.2) is 0 Å². The highest BCUT2D eigenvalue weighted by molar-refractivity contribution is 5.78. The lowest BCUT2D eigenvalue weighted by Crippen LogP contribution is -2.51. The highest BCUT2D eigenvalue weighted by Gasteiger charge is 2.26. The van der Waals surface area contributed by atoms with Gasteiger partial charge < -0.3 is 18.6 Å². The Morgan fingerprint density at radius 1 is 0.935 bits per heavy atom. The molecule has 162 valence electrons. The number of benzene rings is 1. The summed E-state index contributed by atoms with van der Waals surface area (Å²) in [6.07, 6.45) is 3.23. The van der Waals surface area contributed by atoms with Gasteiger partial charge in [-0.2, -0.15) is 0 Å². The van der Waals surface area contributed by atoms with Crippen molar-refractivity contribution in [3.63, 3.8) is 0 Å². The molecule has 0 radical (unpaired) electrons. The van der Waals surface area contributed by atoms with Crippen LogP contribution in [0.25, 0.3) is 0 Å². The van der Waals surface area contributed by atoms with Crippen LogP contribution in [0.5, 0.6) is 0 Å². The Labute approximate surface area is 179 Å². The van der Waals surface area contributed by atoms with E-state index in [1.807, 2.05) is 39.0 Å². The third-order valence-corrected chi connectivity index (χ3v) is 5.33. The van der Waals surface area contributed by atoms with Crippen molar-refractivity contribution in [2.24, 2.45) is 0 Å². The molecule has 31 heavy (non-hydrogen) atoms. The van der Waals surface area contributed by atoms with Gasteiger partial charge in [-0.1, -0.05) is 12.1 Å². The number of nitro benzene ring substituents is 1. The minimum atomic E-state index is -0.367. The molecule has 0 aliphatic carbocycles. The van der Waals surface area contributed by atoms with Gasteiger partial charge >= 0.3 is 0 Å². The Balaban J connectivity index is 1.37. The van der Waals surface area contributed by atoms with Gasteiger partial charge in [0.15, 0.2) is 0 Å². The normalized spacial score (nSPS) is 14.2. The van der Waals surface area contributed by atoms with Gasteiger partial charge in [-0.05, 0) is 30.3 Å². The number of carbonyl (C=O) groups excluding carboxylic acids is 1. The van der Waals surface area contributed by atoms with Gasteiger partial charge in [-0.15, -0.1) is 0 Å². The molecule has 4 rings (SSSR count). The van der Waals surface area contributed by atoms with E-state index in [-0.39, 0.29) is 23.1 Å². The summed E-state index contributed by atoms with van der Waals surface area (Å²) in [7, 11) is 0. The monoisotopic (exact) mass is 424 g/mol. The second-order valence-corrected chi connectivity index (χ2v) is 7.42. The third-order valence-electron chi connectivity index (χ3n) is 5.33. The lowest BCUT2D eigenvalue weighted by atomic mass is 10.2. The number of carbonyl (C=O) groups is 1. The quantitative estimate of drug-likeness (QED) is 0.405. The van der Waals surface area contributed by atoms with E-state index < -0.39 is 0 Å². The summed E-state index contributed by atoms with van der Waals surface area (Å²) in [5, 5.41) is 11.3. The molecule has 0 bridgehead atoms. The van der Waals surface area contributed by atoms with Crippen LogP contribution < -0.4 is 4.90 Å². The van der Waals surface area contributed by atoms with Crippen LogP contribution in [0.1, 0.15) is 11.5 Å². The van der Waals surface area contributed by atoms with E-state index in [2.05, 4.69) is 0 Å². The van der Waals surface area contributed by atoms with Crippen LogP contribution in [0.15, 0.2) is 69.9 Å². The summed E-state index contributed by atoms with van der Waals surface area (Å²) in [6, 6.07) is 14.1. The summed E-state index contributed by atoms with van der Waals surface area (Å²) in [4.78, 5) is 29.7. The van der Waals surface area contributed by atoms with Gasteiger partial charge in [-0.3, -0.25) is 19.8 Å². The third kappa shape index (κ3) is 5.13. The van der Waals surface area contributed by atoms with Crippen molar-refractivity contribution in [3.8, 4) is 0 Å². The molecular formula is C22H24N4O5. The Morgan fingerprint density at radius 2 is 1.55 bits per heavy atom. The van der Waals surface area contributed by atoms with Crippen molar-refractivity contribution < 1.29 is 18.6 Å². The van der Waals surface area contributed by atoms with Gasteiger partial charge in [0.2, 0.25) is 5.91 Å². The summed E-state index contributed by atoms with van der Waals surface area (Å²) < 4.78 is 10.9. The van der Waals surface area contributed by atoms with E-state index in [0.717, 1.165) is 11.5 Å². The molecule has 0 N–H and O–H groups in total. The van der Waals surface area contributed by atoms with Crippen molar-refractivity contribution in [2.75, 3.05) is 37.6 Å². The zero-order valence-electron chi connectivity index (χ0n) is 17.1. The average Bonchev–Trinajstić information content (AvgIpc) is 3.48. The predicted octanol–water partition coefficient (Wildman–Crippen LogP) is 3.13. The Hall–Kier alpha value is -3.59. The second kappa shape index (κ2) is 9.48. The molecule has 2 aromatic heterocycles. The van der Waals surface area contributed by atoms with Crippen molar-refractivity contribution in [1.29, 1.82) is 0 Å². The Kier molecular flexibility index (Phi) is 6.32. The largest absolute Gasteiger partial charge is 0.468 e. The maximum Gasteiger partial charge on any atom is 0.292 e. The number of piperazine rings is 1. The summed E-state index contributed by atoms with van der Waals surface area (Å²) in [6.45, 7) is 3.35. The maximum absolute atomic E-state index is 13.0. The van der Waals surface area contributed by atoms with E-state index in [4.69, 9.17) is 8.83 Å². The zero-order chi connectivity index (χ0) is 21.6. The fourth-order valence-electron chi connectivity index (χ4n) is 3.79. The van der Waals surface area contributed by atoms with Crippen LogP contribution >= 0.6 is 0 Å². The zero-order valence-corrected chi connectivity index (χ0v) is 17.1. The van der Waals surface area contributed by atoms with Crippen LogP contribution in [0.3, 0.4) is 0 Å². The van der Waals surface area contributed by atoms with Gasteiger partial charge in [0.25, 0.3) is 5.69 Å². The maximum atomic E-state index is 13.0. The molecular weight excluding hydrogens is 400 g/mol. The van der Waals surface area contributed by atoms with Crippen molar-refractivity contribution >= 4 is 17.3 Å². The van der Waals surface area contributed by atoms with E-state index in [0.29, 0.717) is 45.0 Å². The van der Waals surface area contributed by atoms with Crippen LogP contribution in [-0.4, -0.2) is 53.4 Å². The topological polar surface area (TPSA) is 96.2 Å². The predicted molar refractivity (Wildman–Crippen MR) is 113 cm³/mol. The van der Waals surface area contributed by atoms with E-state index in [9.17, 15) is 14.9 Å². The number of anilines is 1. The Morgan fingerprint density at radius 3 is 2.10 bits per heavy atom. The molecule has 3 heterocycles. The van der Waals surface area contributed by atoms with Gasteiger partial charge in [0.1, 0.15) is 17.2 Å².